The van der Waals surface area contributed by atoms with Crippen LogP contribution in [0.1, 0.15) is 74.9 Å². The smallest absolute Gasteiger partial charge is 0.143 e. The van der Waals surface area contributed by atoms with Crippen LogP contribution in [0.25, 0.3) is 195 Å². The van der Waals surface area contributed by atoms with E-state index in [9.17, 15) is 0 Å². The summed E-state index contributed by atoms with van der Waals surface area (Å²) in [4.78, 5) is 7.36. The standard InChI is InChI=1S/2C47H33NO.C47H33NS/c1-47(2)42-20-9-7-15-37(42)38-27-26-33(29-43(38)47)48(44-28-31-12-3-4-13-34(31)36-14-5-6-16-39(36)44)32-24-22-30(23-25-32)35-18-11-19-41-40-17-8-10-21-45(40)49-46(35)41;1-47(2)42-17-9-7-14-37(42)38-25-24-34(29-43(38)47)48(44-28-32-11-3-4-12-35(32)36-13-5-6-15-39(36)44)33-22-19-30(20-23-33)31-21-26-46-41(27-31)40-16-8-10-18-45(40)49-46;1-47(2)42-20-9-7-15-37(42)38-27-26-33(29-43(38)47)48(44-28-31-12-3-4-13-34(31)36-14-5-6-16-39(36)44)32-24-22-30(23-25-32)35-18-11-19-41-40-17-8-10-21-45(40)49-46(35)41/h3*3-29H,1-2H3. The topological polar surface area (TPSA) is 36.0 Å². The summed E-state index contributed by atoms with van der Waals surface area (Å²) in [7, 11) is 0. The quantitative estimate of drug-likeness (QED) is 0.114. The van der Waals surface area contributed by atoms with Crippen LogP contribution in [-0.2, 0) is 16.2 Å². The molecule has 0 saturated carbocycles. The van der Waals surface area contributed by atoms with Crippen molar-refractivity contribution in [2.75, 3.05) is 14.7 Å². The second-order valence-electron chi connectivity index (χ2n) is 41.2. The molecule has 3 aliphatic carbocycles. The van der Waals surface area contributed by atoms with Gasteiger partial charge in [-0.3, -0.25) is 0 Å². The van der Waals surface area contributed by atoms with Gasteiger partial charge in [0, 0.05) is 114 Å². The number of fused-ring (bicyclic) bond motifs is 27. The fourth-order valence-electron chi connectivity index (χ4n) is 24.7. The monoisotopic (exact) mass is 1900 g/mol. The maximum Gasteiger partial charge on any atom is 0.143 e. The Bertz CT molecular complexity index is 9670. The van der Waals surface area contributed by atoms with Crippen molar-refractivity contribution >= 4 is 191 Å². The Morgan fingerprint density at radius 1 is 0.177 bits per heavy atom. The molecule has 696 valence electrons. The Hall–Kier alpha value is -17.9. The summed E-state index contributed by atoms with van der Waals surface area (Å²) in [5.74, 6) is 0. The first kappa shape index (κ1) is 86.9. The summed E-state index contributed by atoms with van der Waals surface area (Å²) in [6.45, 7) is 14.1. The molecule has 0 spiro atoms. The summed E-state index contributed by atoms with van der Waals surface area (Å²) in [5.41, 5.74) is 37.0. The molecule has 0 amide bonds. The van der Waals surface area contributed by atoms with E-state index in [0.29, 0.717) is 0 Å². The van der Waals surface area contributed by atoms with Gasteiger partial charge in [-0.15, -0.1) is 11.3 Å². The van der Waals surface area contributed by atoms with Crippen molar-refractivity contribution in [1.29, 1.82) is 0 Å². The molecule has 0 N–H and O–H groups in total. The Kier molecular flexibility index (Phi) is 20.2. The van der Waals surface area contributed by atoms with E-state index < -0.39 is 0 Å². The van der Waals surface area contributed by atoms with Gasteiger partial charge in [0.1, 0.15) is 22.3 Å². The fraction of sp³-hybridized carbons (Fsp3) is 0.0638. The minimum Gasteiger partial charge on any atom is -0.456 e. The van der Waals surface area contributed by atoms with E-state index >= 15 is 0 Å². The van der Waals surface area contributed by atoms with Crippen LogP contribution < -0.4 is 14.7 Å². The predicted molar refractivity (Wildman–Crippen MR) is 625 cm³/mol. The van der Waals surface area contributed by atoms with E-state index in [1.54, 1.807) is 0 Å². The lowest BCUT2D eigenvalue weighted by Crippen LogP contribution is -2.16. The minimum atomic E-state index is -0.103. The van der Waals surface area contributed by atoms with Crippen molar-refractivity contribution in [3.05, 3.63) is 525 Å². The fourth-order valence-corrected chi connectivity index (χ4v) is 25.9. The molecule has 0 atom stereocenters. The Morgan fingerprint density at radius 2 is 0.476 bits per heavy atom. The molecule has 5 nitrogen and oxygen atoms in total. The molecule has 30 rings (SSSR count). The highest BCUT2D eigenvalue weighted by Crippen LogP contribution is 2.58. The molecule has 0 radical (unpaired) electrons. The molecule has 3 heterocycles. The largest absolute Gasteiger partial charge is 0.456 e. The average Bonchev–Trinajstić information content (AvgIpc) is 1.59. The van der Waals surface area contributed by atoms with Gasteiger partial charge in [-0.25, -0.2) is 0 Å². The van der Waals surface area contributed by atoms with Gasteiger partial charge in [0.05, 0.1) is 17.1 Å². The first-order valence-electron chi connectivity index (χ1n) is 51.1. The number of furan rings is 2. The third kappa shape index (κ3) is 14.1. The zero-order valence-corrected chi connectivity index (χ0v) is 83.1. The Balaban J connectivity index is 0.000000107. The van der Waals surface area contributed by atoms with E-state index in [1.807, 2.05) is 35.6 Å². The van der Waals surface area contributed by atoms with Gasteiger partial charge < -0.3 is 23.5 Å². The van der Waals surface area contributed by atoms with Gasteiger partial charge in [0.2, 0.25) is 0 Å². The van der Waals surface area contributed by atoms with Crippen LogP contribution in [0.15, 0.2) is 500 Å². The first-order chi connectivity index (χ1) is 72.2. The SMILES string of the molecule is CC1(C)c2ccccc2-c2ccc(N(c3ccc(-c4ccc5oc6ccccc6c5c4)cc3)c3cc4ccccc4c4ccccc34)cc21.CC1(C)c2ccccc2-c2ccc(N(c3ccc(-c4cccc5c4oc4ccccc45)cc3)c3cc4ccccc4c4ccccc34)cc21.CC1(C)c2ccccc2-c2ccc(N(c3ccc(-c4cccc5c4sc4ccccc45)cc3)c3cc4ccccc4c4ccccc34)cc21. The number of nitrogens with zero attached hydrogens (tertiary/aromatic N) is 3. The van der Waals surface area contributed by atoms with Crippen LogP contribution in [0.4, 0.5) is 51.2 Å². The molecule has 0 unspecified atom stereocenters. The molecule has 0 saturated heterocycles. The lowest BCUT2D eigenvalue weighted by molar-refractivity contribution is 0.660. The Labute approximate surface area is 857 Å². The van der Waals surface area contributed by atoms with Gasteiger partial charge in [0.15, 0.2) is 0 Å². The molecule has 27 aromatic rings. The van der Waals surface area contributed by atoms with Crippen LogP contribution in [0.5, 0.6) is 0 Å². The van der Waals surface area contributed by atoms with Crippen molar-refractivity contribution in [3.63, 3.8) is 0 Å². The lowest BCUT2D eigenvalue weighted by Gasteiger charge is -2.29. The third-order valence-corrected chi connectivity index (χ3v) is 33.2. The second-order valence-corrected chi connectivity index (χ2v) is 42.3. The molecule has 147 heavy (non-hydrogen) atoms. The van der Waals surface area contributed by atoms with Gasteiger partial charge in [0.25, 0.3) is 0 Å². The molecule has 6 heteroatoms. The second kappa shape index (κ2) is 34.1. The molecule has 3 aliphatic rings. The summed E-state index contributed by atoms with van der Waals surface area (Å²) < 4.78 is 15.2. The molecular formula is C141H99N3O2S. The van der Waals surface area contributed by atoms with Gasteiger partial charge in [-0.1, -0.05) is 412 Å². The highest BCUT2D eigenvalue weighted by Gasteiger charge is 2.40. The van der Waals surface area contributed by atoms with E-state index in [4.69, 9.17) is 8.83 Å². The number of para-hydroxylation sites is 3. The van der Waals surface area contributed by atoms with Gasteiger partial charge >= 0.3 is 0 Å². The van der Waals surface area contributed by atoms with Crippen LogP contribution in [0, 0.1) is 0 Å². The molecule has 0 fully saturated rings. The van der Waals surface area contributed by atoms with Crippen molar-refractivity contribution in [2.24, 2.45) is 0 Å². The van der Waals surface area contributed by atoms with E-state index in [-0.39, 0.29) is 16.2 Å². The number of rotatable bonds is 12. The van der Waals surface area contributed by atoms with Crippen molar-refractivity contribution in [3.8, 4) is 66.8 Å². The highest BCUT2D eigenvalue weighted by atomic mass is 32.1. The molecule has 3 aromatic heterocycles. The lowest BCUT2D eigenvalue weighted by atomic mass is 9.82. The van der Waals surface area contributed by atoms with Gasteiger partial charge in [-0.2, -0.15) is 0 Å². The molecule has 24 aromatic carbocycles. The molecule has 0 bridgehead atoms. The molecular weight excluding hydrogens is 1800 g/mol. The van der Waals surface area contributed by atoms with Gasteiger partial charge in [-0.05, 0) is 264 Å². The van der Waals surface area contributed by atoms with E-state index in [2.05, 4.69) is 523 Å². The highest BCUT2D eigenvalue weighted by molar-refractivity contribution is 7.26. The van der Waals surface area contributed by atoms with Crippen LogP contribution >= 0.6 is 11.3 Å². The normalized spacial score (nSPS) is 13.3. The summed E-state index contributed by atoms with van der Waals surface area (Å²) in [5, 5.41) is 22.2. The number of hydrogen-bond acceptors (Lipinski definition) is 6. The average molecular weight is 1900 g/mol. The Morgan fingerprint density at radius 3 is 0.918 bits per heavy atom. The molecule has 0 aliphatic heterocycles. The summed E-state index contributed by atoms with van der Waals surface area (Å²) >= 11 is 1.89. The van der Waals surface area contributed by atoms with Crippen molar-refractivity contribution < 1.29 is 8.83 Å². The predicted octanol–water partition coefficient (Wildman–Crippen LogP) is 40.5. The maximum atomic E-state index is 6.42. The summed E-state index contributed by atoms with van der Waals surface area (Å²) in [6.07, 6.45) is 0. The zero-order chi connectivity index (χ0) is 98.1. The minimum absolute atomic E-state index is 0.0914. The maximum absolute atomic E-state index is 6.42. The van der Waals surface area contributed by atoms with Crippen molar-refractivity contribution in [2.45, 2.75) is 57.8 Å². The number of hydrogen-bond donors (Lipinski definition) is 0. The van der Waals surface area contributed by atoms with Crippen LogP contribution in [0.2, 0.25) is 0 Å². The summed E-state index contributed by atoms with van der Waals surface area (Å²) in [6, 6.07) is 180. The zero-order valence-electron chi connectivity index (χ0n) is 82.3. The van der Waals surface area contributed by atoms with E-state index in [0.717, 1.165) is 89.1 Å². The van der Waals surface area contributed by atoms with Crippen molar-refractivity contribution in [1.82, 2.24) is 0 Å². The van der Waals surface area contributed by atoms with Crippen LogP contribution in [0.3, 0.4) is 0 Å². The number of benzene rings is 24. The number of anilines is 9. The van der Waals surface area contributed by atoms with E-state index in [1.165, 1.54) is 191 Å². The van der Waals surface area contributed by atoms with Crippen LogP contribution in [-0.4, -0.2) is 0 Å². The third-order valence-electron chi connectivity index (χ3n) is 32.0. The number of thiophene rings is 1. The first-order valence-corrected chi connectivity index (χ1v) is 51.9.